The number of benzene rings is 1. The van der Waals surface area contributed by atoms with Crippen LogP contribution < -0.4 is 5.32 Å². The van der Waals surface area contributed by atoms with E-state index in [0.29, 0.717) is 31.5 Å². The molecule has 6 nitrogen and oxygen atoms in total. The van der Waals surface area contributed by atoms with E-state index in [4.69, 9.17) is 4.74 Å². The van der Waals surface area contributed by atoms with Gasteiger partial charge in [-0.05, 0) is 36.7 Å². The quantitative estimate of drug-likeness (QED) is 0.201. The minimum Gasteiger partial charge on any atom is -0.445 e. The third-order valence-corrected chi connectivity index (χ3v) is 7.85. The molecule has 6 heteroatoms. The molecule has 1 aliphatic heterocycles. The molecule has 190 valence electrons. The molecule has 1 saturated heterocycles. The molecule has 0 aromatic heterocycles. The Bertz CT molecular complexity index is 854. The van der Waals surface area contributed by atoms with Crippen molar-refractivity contribution < 1.29 is 19.1 Å². The molecule has 4 atom stereocenters. The standard InChI is InChI=1S/C29H40N2O4/c32-27-25-23-16-17-24(20-23)26(25)28(33)31(27)19-13-8-6-4-2-1-3-5-7-12-18-30-29(34)35-21-22-14-10-9-11-15-22/h9-11,14-17,23-26H,1-8,12-13,18-21H2,(H,30,34)/t23-,24+,25-,26+. The molecular weight excluding hydrogens is 440 g/mol. The minimum absolute atomic E-state index is 0.0539. The lowest BCUT2D eigenvalue weighted by Crippen LogP contribution is -2.33. The lowest BCUT2D eigenvalue weighted by molar-refractivity contribution is -0.140. The van der Waals surface area contributed by atoms with Gasteiger partial charge in [-0.2, -0.15) is 0 Å². The first kappa shape index (κ1) is 25.5. The second kappa shape index (κ2) is 12.9. The number of carbonyl (C=O) groups is 3. The van der Waals surface area contributed by atoms with Crippen molar-refractivity contribution in [3.63, 3.8) is 0 Å². The highest BCUT2D eigenvalue weighted by Gasteiger charge is 2.58. The highest BCUT2D eigenvalue weighted by molar-refractivity contribution is 6.06. The Morgan fingerprint density at radius 2 is 1.34 bits per heavy atom. The second-order valence-corrected chi connectivity index (χ2v) is 10.4. The van der Waals surface area contributed by atoms with Crippen molar-refractivity contribution in [1.29, 1.82) is 0 Å². The van der Waals surface area contributed by atoms with Gasteiger partial charge in [0, 0.05) is 13.1 Å². The van der Waals surface area contributed by atoms with Gasteiger partial charge in [-0.15, -0.1) is 0 Å². The molecule has 35 heavy (non-hydrogen) atoms. The minimum atomic E-state index is -0.348. The number of hydrogen-bond donors (Lipinski definition) is 1. The van der Waals surface area contributed by atoms with E-state index in [2.05, 4.69) is 17.5 Å². The van der Waals surface area contributed by atoms with Crippen molar-refractivity contribution in [3.8, 4) is 0 Å². The first-order valence-corrected chi connectivity index (χ1v) is 13.6. The summed E-state index contributed by atoms with van der Waals surface area (Å²) in [4.78, 5) is 38.6. The maximum absolute atomic E-state index is 12.7. The summed E-state index contributed by atoms with van der Waals surface area (Å²) in [5, 5.41) is 2.82. The number of ether oxygens (including phenoxy) is 1. The topological polar surface area (TPSA) is 75.7 Å². The van der Waals surface area contributed by atoms with Gasteiger partial charge in [0.15, 0.2) is 0 Å². The van der Waals surface area contributed by atoms with Gasteiger partial charge in [0.05, 0.1) is 11.8 Å². The summed E-state index contributed by atoms with van der Waals surface area (Å²) in [5.41, 5.74) is 0.992. The van der Waals surface area contributed by atoms with E-state index in [1.165, 1.54) is 38.5 Å². The molecule has 1 N–H and O–H groups in total. The normalized spacial score (nSPS) is 24.3. The highest BCUT2D eigenvalue weighted by Crippen LogP contribution is 2.52. The molecule has 2 bridgehead atoms. The summed E-state index contributed by atoms with van der Waals surface area (Å²) >= 11 is 0. The van der Waals surface area contributed by atoms with Gasteiger partial charge in [-0.25, -0.2) is 4.79 Å². The van der Waals surface area contributed by atoms with Gasteiger partial charge in [0.1, 0.15) is 6.61 Å². The smallest absolute Gasteiger partial charge is 0.407 e. The zero-order valence-electron chi connectivity index (χ0n) is 20.8. The molecule has 2 aliphatic carbocycles. The van der Waals surface area contributed by atoms with Gasteiger partial charge in [-0.3, -0.25) is 14.5 Å². The predicted molar refractivity (Wildman–Crippen MR) is 135 cm³/mol. The Morgan fingerprint density at radius 1 is 0.800 bits per heavy atom. The summed E-state index contributed by atoms with van der Waals surface area (Å²) in [5.74, 6) is 0.698. The lowest BCUT2D eigenvalue weighted by Gasteiger charge is -2.17. The molecule has 1 saturated carbocycles. The zero-order chi connectivity index (χ0) is 24.5. The Morgan fingerprint density at radius 3 is 1.94 bits per heavy atom. The van der Waals surface area contributed by atoms with E-state index in [9.17, 15) is 14.4 Å². The van der Waals surface area contributed by atoms with Gasteiger partial charge in [0.25, 0.3) is 0 Å². The number of nitrogens with one attached hydrogen (secondary N) is 1. The summed E-state index contributed by atoms with van der Waals surface area (Å²) in [6.45, 7) is 1.58. The van der Waals surface area contributed by atoms with E-state index >= 15 is 0 Å². The number of likely N-dealkylation sites (tertiary alicyclic amines) is 1. The number of imide groups is 1. The maximum Gasteiger partial charge on any atom is 0.407 e. The first-order valence-electron chi connectivity index (χ1n) is 13.6. The average Bonchev–Trinajstić information content (AvgIpc) is 3.56. The van der Waals surface area contributed by atoms with Crippen LogP contribution in [0.25, 0.3) is 0 Å². The highest BCUT2D eigenvalue weighted by atomic mass is 16.5. The van der Waals surface area contributed by atoms with Gasteiger partial charge < -0.3 is 10.1 Å². The number of fused-ring (bicyclic) bond motifs is 5. The van der Waals surface area contributed by atoms with Crippen molar-refractivity contribution in [2.75, 3.05) is 13.1 Å². The van der Waals surface area contributed by atoms with Crippen LogP contribution in [0.2, 0.25) is 0 Å². The SMILES string of the molecule is O=C(NCCCCCCCCCCCCN1C(=O)[C@@H]2[C@H](C1=O)[C@@H]1C=C[C@H]2C1)OCc1ccccc1. The van der Waals surface area contributed by atoms with Crippen LogP contribution in [0.3, 0.4) is 0 Å². The molecule has 0 radical (unpaired) electrons. The molecule has 0 spiro atoms. The Hall–Kier alpha value is -2.63. The van der Waals surface area contributed by atoms with E-state index in [1.54, 1.807) is 4.90 Å². The third-order valence-electron chi connectivity index (χ3n) is 7.85. The van der Waals surface area contributed by atoms with E-state index < -0.39 is 0 Å². The Balaban J connectivity index is 0.924. The zero-order valence-corrected chi connectivity index (χ0v) is 20.8. The largest absolute Gasteiger partial charge is 0.445 e. The van der Waals surface area contributed by atoms with Crippen molar-refractivity contribution in [2.24, 2.45) is 23.7 Å². The molecule has 3 amide bonds. The van der Waals surface area contributed by atoms with Crippen LogP contribution in [-0.4, -0.2) is 35.9 Å². The number of nitrogens with zero attached hydrogens (tertiary/aromatic N) is 1. The van der Waals surface area contributed by atoms with E-state index in [0.717, 1.165) is 37.7 Å². The van der Waals surface area contributed by atoms with Crippen LogP contribution >= 0.6 is 0 Å². The van der Waals surface area contributed by atoms with E-state index in [1.807, 2.05) is 30.3 Å². The molecule has 0 unspecified atom stereocenters. The fourth-order valence-electron chi connectivity index (χ4n) is 5.96. The summed E-state index contributed by atoms with van der Waals surface area (Å²) in [6.07, 6.45) is 16.4. The molecule has 1 aromatic carbocycles. The fraction of sp³-hybridized carbons (Fsp3) is 0.621. The molecule has 3 aliphatic rings. The van der Waals surface area contributed by atoms with Crippen LogP contribution in [-0.2, 0) is 20.9 Å². The number of allylic oxidation sites excluding steroid dienone is 2. The maximum atomic E-state index is 12.7. The van der Waals surface area contributed by atoms with Gasteiger partial charge >= 0.3 is 6.09 Å². The van der Waals surface area contributed by atoms with Crippen LogP contribution in [0, 0.1) is 23.7 Å². The van der Waals surface area contributed by atoms with Crippen molar-refractivity contribution in [1.82, 2.24) is 10.2 Å². The average molecular weight is 481 g/mol. The summed E-state index contributed by atoms with van der Waals surface area (Å²) in [7, 11) is 0. The molecule has 1 aromatic rings. The van der Waals surface area contributed by atoms with Crippen molar-refractivity contribution in [3.05, 3.63) is 48.0 Å². The number of carbonyl (C=O) groups excluding carboxylic acids is 3. The van der Waals surface area contributed by atoms with E-state index in [-0.39, 0.29) is 29.7 Å². The predicted octanol–water partition coefficient (Wildman–Crippen LogP) is 5.62. The van der Waals surface area contributed by atoms with Crippen LogP contribution in [0.5, 0.6) is 0 Å². The van der Waals surface area contributed by atoms with Crippen LogP contribution in [0.4, 0.5) is 4.79 Å². The summed E-state index contributed by atoms with van der Waals surface area (Å²) < 4.78 is 5.21. The molecule has 2 fully saturated rings. The summed E-state index contributed by atoms with van der Waals surface area (Å²) in [6, 6.07) is 9.69. The second-order valence-electron chi connectivity index (χ2n) is 10.4. The number of unbranched alkanes of at least 4 members (excludes halogenated alkanes) is 9. The van der Waals surface area contributed by atoms with Crippen molar-refractivity contribution in [2.45, 2.75) is 77.2 Å². The number of hydrogen-bond acceptors (Lipinski definition) is 4. The molecular formula is C29H40N2O4. The number of rotatable bonds is 15. The molecule has 4 rings (SSSR count). The number of amides is 3. The Kier molecular flexibility index (Phi) is 9.38. The van der Waals surface area contributed by atoms with Crippen molar-refractivity contribution >= 4 is 17.9 Å². The third kappa shape index (κ3) is 6.74. The molecule has 1 heterocycles. The van der Waals surface area contributed by atoms with Crippen LogP contribution in [0.1, 0.15) is 76.2 Å². The Labute approximate surface area is 209 Å². The fourth-order valence-corrected chi connectivity index (χ4v) is 5.96. The van der Waals surface area contributed by atoms with Crippen LogP contribution in [0.15, 0.2) is 42.5 Å². The van der Waals surface area contributed by atoms with Gasteiger partial charge in [-0.1, -0.05) is 93.9 Å². The monoisotopic (exact) mass is 480 g/mol. The lowest BCUT2D eigenvalue weighted by atomic mass is 9.85. The number of alkyl carbamates (subject to hydrolysis) is 1. The van der Waals surface area contributed by atoms with Gasteiger partial charge in [0.2, 0.25) is 11.8 Å². The first-order chi connectivity index (χ1) is 17.1.